The van der Waals surface area contributed by atoms with Gasteiger partial charge in [0.15, 0.2) is 0 Å². The highest BCUT2D eigenvalue weighted by Gasteiger charge is 2.23. The first-order valence-electron chi connectivity index (χ1n) is 22.6. The highest BCUT2D eigenvalue weighted by Crippen LogP contribution is 2.38. The van der Waals surface area contributed by atoms with Gasteiger partial charge in [0.1, 0.15) is 13.2 Å². The van der Waals surface area contributed by atoms with Gasteiger partial charge in [0.25, 0.3) is 7.82 Å². The summed E-state index contributed by atoms with van der Waals surface area (Å²) in [7, 11) is 1.26. The fourth-order valence-electron chi connectivity index (χ4n) is 6.62. The number of aliphatic hydroxyl groups is 1. The van der Waals surface area contributed by atoms with E-state index in [1.807, 2.05) is 27.2 Å². The number of amides is 1. The van der Waals surface area contributed by atoms with E-state index < -0.39 is 20.0 Å². The number of carbonyl (C=O) groups is 1. The fourth-order valence-corrected chi connectivity index (χ4v) is 7.35. The van der Waals surface area contributed by atoms with Crippen molar-refractivity contribution in [2.75, 3.05) is 40.9 Å². The first-order valence-corrected chi connectivity index (χ1v) is 24.0. The second kappa shape index (κ2) is 36.9. The maximum atomic E-state index is 12.5. The van der Waals surface area contributed by atoms with Gasteiger partial charge in [-0.2, -0.15) is 0 Å². The maximum absolute atomic E-state index is 12.5. The van der Waals surface area contributed by atoms with Gasteiger partial charge in [0, 0.05) is 6.42 Å². The summed E-state index contributed by atoms with van der Waals surface area (Å²) in [5.74, 6) is -0.214. The van der Waals surface area contributed by atoms with Crippen LogP contribution >= 0.6 is 7.82 Å². The molecule has 0 heterocycles. The summed E-state index contributed by atoms with van der Waals surface area (Å²) in [6.07, 6.45) is 42.0. The topological polar surface area (TPSA) is 108 Å². The Morgan fingerprint density at radius 3 is 1.42 bits per heavy atom. The Balaban J connectivity index is 3.95. The van der Waals surface area contributed by atoms with E-state index >= 15 is 0 Å². The van der Waals surface area contributed by atoms with Gasteiger partial charge in [-0.05, 0) is 19.3 Å². The molecule has 0 radical (unpaired) electrons. The molecule has 0 saturated heterocycles. The summed E-state index contributed by atoms with van der Waals surface area (Å²) in [4.78, 5) is 24.9. The second-order valence-electron chi connectivity index (χ2n) is 16.8. The Hall–Kier alpha value is -0.760. The Labute approximate surface area is 329 Å². The van der Waals surface area contributed by atoms with Crippen LogP contribution in [-0.4, -0.2) is 68.5 Å². The van der Waals surface area contributed by atoms with Gasteiger partial charge >= 0.3 is 0 Å². The van der Waals surface area contributed by atoms with Crippen molar-refractivity contribution in [2.24, 2.45) is 0 Å². The lowest BCUT2D eigenvalue weighted by Crippen LogP contribution is -2.45. The number of phosphoric acid groups is 1. The fraction of sp³-hybridized carbons (Fsp3) is 0.932. The van der Waals surface area contributed by atoms with E-state index in [0.717, 1.165) is 44.9 Å². The number of aliphatic hydroxyl groups excluding tert-OH is 1. The minimum atomic E-state index is -4.57. The van der Waals surface area contributed by atoms with Gasteiger partial charge in [-0.15, -0.1) is 0 Å². The van der Waals surface area contributed by atoms with Crippen molar-refractivity contribution < 1.29 is 32.9 Å². The summed E-state index contributed by atoms with van der Waals surface area (Å²) in [6, 6.07) is -0.877. The van der Waals surface area contributed by atoms with Crippen molar-refractivity contribution in [2.45, 2.75) is 225 Å². The van der Waals surface area contributed by atoms with E-state index in [9.17, 15) is 19.4 Å². The number of hydrogen-bond acceptors (Lipinski definition) is 6. The van der Waals surface area contributed by atoms with Crippen LogP contribution in [0.15, 0.2) is 12.2 Å². The molecule has 0 aliphatic heterocycles. The van der Waals surface area contributed by atoms with Gasteiger partial charge in [-0.3, -0.25) is 9.36 Å². The highest BCUT2D eigenvalue weighted by molar-refractivity contribution is 7.45. The number of nitrogens with zero attached hydrogens (tertiary/aromatic N) is 1. The summed E-state index contributed by atoms with van der Waals surface area (Å²) in [5, 5.41) is 13.6. The van der Waals surface area contributed by atoms with E-state index in [4.69, 9.17) is 9.05 Å². The molecule has 3 unspecified atom stereocenters. The molecule has 1 amide bonds. The Morgan fingerprint density at radius 1 is 0.642 bits per heavy atom. The molecular formula is C44H89N2O6P. The number of quaternary nitrogens is 1. The molecule has 0 fully saturated rings. The van der Waals surface area contributed by atoms with Crippen LogP contribution in [0.1, 0.15) is 213 Å². The van der Waals surface area contributed by atoms with E-state index in [2.05, 4.69) is 19.2 Å². The van der Waals surface area contributed by atoms with Crippen molar-refractivity contribution in [3.8, 4) is 0 Å². The average molecular weight is 773 g/mol. The van der Waals surface area contributed by atoms with Crippen molar-refractivity contribution >= 4 is 13.7 Å². The quantitative estimate of drug-likeness (QED) is 0.0277. The lowest BCUT2D eigenvalue weighted by molar-refractivity contribution is -0.870. The zero-order valence-electron chi connectivity index (χ0n) is 35.7. The van der Waals surface area contributed by atoms with Crippen LogP contribution in [0.4, 0.5) is 0 Å². The zero-order valence-corrected chi connectivity index (χ0v) is 36.6. The summed E-state index contributed by atoms with van der Waals surface area (Å²) < 4.78 is 23.0. The Kier molecular flexibility index (Phi) is 36.3. The molecule has 0 aromatic carbocycles. The first kappa shape index (κ1) is 52.2. The van der Waals surface area contributed by atoms with Crippen molar-refractivity contribution in [3.05, 3.63) is 12.2 Å². The molecule has 0 rings (SSSR count). The third-order valence-electron chi connectivity index (χ3n) is 10.2. The molecule has 0 aliphatic carbocycles. The van der Waals surface area contributed by atoms with Crippen molar-refractivity contribution in [1.29, 1.82) is 0 Å². The minimum Gasteiger partial charge on any atom is -0.756 e. The molecule has 0 saturated carbocycles. The van der Waals surface area contributed by atoms with Crippen LogP contribution in [0.5, 0.6) is 0 Å². The predicted molar refractivity (Wildman–Crippen MR) is 224 cm³/mol. The Bertz CT molecular complexity index is 880. The number of rotatable bonds is 41. The number of likely N-dealkylation sites (N-methyl/N-ethyl adjacent to an activating group) is 1. The number of nitrogens with one attached hydrogen (secondary N) is 1. The molecule has 0 aromatic rings. The van der Waals surface area contributed by atoms with Crippen LogP contribution in [0.2, 0.25) is 0 Å². The Morgan fingerprint density at radius 2 is 1.02 bits per heavy atom. The smallest absolute Gasteiger partial charge is 0.268 e. The van der Waals surface area contributed by atoms with Gasteiger partial charge < -0.3 is 28.8 Å². The van der Waals surface area contributed by atoms with Gasteiger partial charge in [0.05, 0.1) is 39.9 Å². The third-order valence-corrected chi connectivity index (χ3v) is 11.2. The number of hydrogen-bond donors (Lipinski definition) is 2. The zero-order chi connectivity index (χ0) is 39.3. The SMILES string of the molecule is CCCCCCCCCCCCCCCCCCCCCCCCCCC/C=C/C(O)C(COP(=O)([O-])OCC[N+](C)(C)C)NC(=O)CCCCCC. The molecule has 0 bridgehead atoms. The monoisotopic (exact) mass is 773 g/mol. The van der Waals surface area contributed by atoms with E-state index in [1.165, 1.54) is 148 Å². The number of carbonyl (C=O) groups excluding carboxylic acids is 1. The second-order valence-corrected chi connectivity index (χ2v) is 18.2. The lowest BCUT2D eigenvalue weighted by atomic mass is 10.0. The van der Waals surface area contributed by atoms with Crippen LogP contribution in [0, 0.1) is 0 Å². The summed E-state index contributed by atoms with van der Waals surface area (Å²) in [5.41, 5.74) is 0. The predicted octanol–water partition coefficient (Wildman–Crippen LogP) is 11.7. The molecule has 316 valence electrons. The van der Waals surface area contributed by atoms with E-state index in [1.54, 1.807) is 6.08 Å². The van der Waals surface area contributed by atoms with Gasteiger partial charge in [-0.25, -0.2) is 0 Å². The molecule has 3 atom stereocenters. The molecule has 53 heavy (non-hydrogen) atoms. The van der Waals surface area contributed by atoms with Crippen LogP contribution in [0.25, 0.3) is 0 Å². The van der Waals surface area contributed by atoms with E-state index in [0.29, 0.717) is 17.4 Å². The molecule has 8 nitrogen and oxygen atoms in total. The molecule has 0 aliphatic rings. The number of phosphoric ester groups is 1. The minimum absolute atomic E-state index is 0.000793. The number of unbranched alkanes of at least 4 members (excludes halogenated alkanes) is 28. The van der Waals surface area contributed by atoms with E-state index in [-0.39, 0.29) is 19.1 Å². The molecule has 0 spiro atoms. The summed E-state index contributed by atoms with van der Waals surface area (Å²) >= 11 is 0. The third kappa shape index (κ3) is 39.3. The first-order chi connectivity index (χ1) is 25.5. The number of allylic oxidation sites excluding steroid dienone is 1. The van der Waals surface area contributed by atoms with Crippen LogP contribution in [0.3, 0.4) is 0 Å². The van der Waals surface area contributed by atoms with Gasteiger partial charge in [0.2, 0.25) is 5.91 Å². The lowest BCUT2D eigenvalue weighted by Gasteiger charge is -2.29. The van der Waals surface area contributed by atoms with Crippen LogP contribution < -0.4 is 10.2 Å². The van der Waals surface area contributed by atoms with Crippen molar-refractivity contribution in [1.82, 2.24) is 5.32 Å². The molecule has 2 N–H and O–H groups in total. The molecule has 0 aromatic heterocycles. The van der Waals surface area contributed by atoms with Gasteiger partial charge in [-0.1, -0.05) is 199 Å². The standard InChI is InChI=1S/C44H89N2O6P/c1-6-8-10-12-13-14-15-16-17-18-19-20-21-22-23-24-25-26-27-28-29-30-31-32-33-34-35-37-43(47)42(45-44(48)38-36-11-9-7-2)41-52-53(49,50)51-40-39-46(3,4)5/h35,37,42-43,47H,6-34,36,38-41H2,1-5H3,(H-,45,48,49,50)/b37-35+. The highest BCUT2D eigenvalue weighted by atomic mass is 31.2. The van der Waals surface area contributed by atoms with Crippen molar-refractivity contribution in [3.63, 3.8) is 0 Å². The normalized spacial score (nSPS) is 14.5. The maximum Gasteiger partial charge on any atom is 0.268 e. The largest absolute Gasteiger partial charge is 0.756 e. The summed E-state index contributed by atoms with van der Waals surface area (Å²) in [6.45, 7) is 4.53. The average Bonchev–Trinajstić information content (AvgIpc) is 3.10. The molecule has 9 heteroatoms. The van der Waals surface area contributed by atoms with Crippen LogP contribution in [-0.2, 0) is 18.4 Å². The molecular weight excluding hydrogens is 683 g/mol.